The molecular formula is C20H20N4O. The Balaban J connectivity index is 1.74. The Bertz CT molecular complexity index is 903. The molecule has 0 aliphatic carbocycles. The summed E-state index contributed by atoms with van der Waals surface area (Å²) in [4.78, 5) is 19.3. The molecule has 0 unspecified atom stereocenters. The number of hydrogen-bond donors (Lipinski definition) is 0. The van der Waals surface area contributed by atoms with Crippen molar-refractivity contribution in [2.45, 2.75) is 32.4 Å². The van der Waals surface area contributed by atoms with Gasteiger partial charge in [-0.05, 0) is 38.0 Å². The van der Waals surface area contributed by atoms with Gasteiger partial charge in [-0.1, -0.05) is 48.0 Å². The van der Waals surface area contributed by atoms with Crippen molar-refractivity contribution < 1.29 is 4.79 Å². The van der Waals surface area contributed by atoms with Gasteiger partial charge >= 0.3 is 0 Å². The molecule has 0 bridgehead atoms. The van der Waals surface area contributed by atoms with Gasteiger partial charge in [0.05, 0.1) is 6.04 Å². The standard InChI is InChI=1S/C20H20N4O/c1-14-7-6-10-17(11-14)19(25)23-15(2)12-18(16-8-4-3-5-9-16)24-20(23)21-13-22-24/h3-11,13,15,18H,12H2,1-2H3/t15-,18-/m1/s1. The summed E-state index contributed by atoms with van der Waals surface area (Å²) in [6.07, 6.45) is 2.33. The van der Waals surface area contributed by atoms with Crippen LogP contribution in [0.25, 0.3) is 0 Å². The average molecular weight is 332 g/mol. The number of aromatic nitrogens is 3. The number of rotatable bonds is 2. The first-order valence-electron chi connectivity index (χ1n) is 8.50. The molecule has 0 radical (unpaired) electrons. The predicted octanol–water partition coefficient (Wildman–Crippen LogP) is 3.61. The van der Waals surface area contributed by atoms with Crippen molar-refractivity contribution in [3.8, 4) is 0 Å². The topological polar surface area (TPSA) is 51.0 Å². The van der Waals surface area contributed by atoms with Gasteiger partial charge in [0.1, 0.15) is 6.33 Å². The molecule has 2 heterocycles. The molecule has 1 amide bonds. The van der Waals surface area contributed by atoms with Crippen molar-refractivity contribution in [3.63, 3.8) is 0 Å². The van der Waals surface area contributed by atoms with E-state index in [1.54, 1.807) is 4.90 Å². The van der Waals surface area contributed by atoms with Crippen LogP contribution in [0.1, 0.15) is 40.9 Å². The molecule has 5 heteroatoms. The summed E-state index contributed by atoms with van der Waals surface area (Å²) < 4.78 is 1.86. The van der Waals surface area contributed by atoms with Crippen LogP contribution < -0.4 is 4.90 Å². The Labute approximate surface area is 146 Å². The van der Waals surface area contributed by atoms with Crippen LogP contribution in [0.5, 0.6) is 0 Å². The van der Waals surface area contributed by atoms with E-state index in [9.17, 15) is 4.79 Å². The van der Waals surface area contributed by atoms with E-state index >= 15 is 0 Å². The Morgan fingerprint density at radius 1 is 1.12 bits per heavy atom. The van der Waals surface area contributed by atoms with E-state index in [4.69, 9.17) is 0 Å². The van der Waals surface area contributed by atoms with E-state index in [1.807, 2.05) is 54.1 Å². The molecule has 0 saturated carbocycles. The number of carbonyl (C=O) groups is 1. The molecule has 1 aromatic heterocycles. The minimum Gasteiger partial charge on any atom is -0.274 e. The Hall–Kier alpha value is -2.95. The van der Waals surface area contributed by atoms with Crippen LogP contribution in [0.3, 0.4) is 0 Å². The van der Waals surface area contributed by atoms with Gasteiger partial charge in [0.15, 0.2) is 0 Å². The summed E-state index contributed by atoms with van der Waals surface area (Å²) >= 11 is 0. The number of aryl methyl sites for hydroxylation is 1. The minimum absolute atomic E-state index is 0.0306. The number of nitrogens with zero attached hydrogens (tertiary/aromatic N) is 4. The molecule has 2 atom stereocenters. The summed E-state index contributed by atoms with van der Waals surface area (Å²) in [6.45, 7) is 4.06. The fourth-order valence-electron chi connectivity index (χ4n) is 3.52. The maximum atomic E-state index is 13.1. The molecule has 25 heavy (non-hydrogen) atoms. The number of anilines is 1. The molecule has 1 aliphatic rings. The van der Waals surface area contributed by atoms with E-state index in [2.05, 4.69) is 29.1 Å². The quantitative estimate of drug-likeness (QED) is 0.720. The predicted molar refractivity (Wildman–Crippen MR) is 96.7 cm³/mol. The van der Waals surface area contributed by atoms with Gasteiger partial charge in [0.25, 0.3) is 5.91 Å². The lowest BCUT2D eigenvalue weighted by Gasteiger charge is -2.37. The molecule has 0 saturated heterocycles. The van der Waals surface area contributed by atoms with Crippen molar-refractivity contribution in [2.75, 3.05) is 4.90 Å². The molecule has 4 rings (SSSR count). The summed E-state index contributed by atoms with van der Waals surface area (Å²) in [5, 5.41) is 4.40. The molecule has 1 aliphatic heterocycles. The highest BCUT2D eigenvalue weighted by atomic mass is 16.2. The Morgan fingerprint density at radius 2 is 1.92 bits per heavy atom. The lowest BCUT2D eigenvalue weighted by atomic mass is 9.97. The lowest BCUT2D eigenvalue weighted by molar-refractivity contribution is 0.0966. The van der Waals surface area contributed by atoms with Crippen LogP contribution >= 0.6 is 0 Å². The van der Waals surface area contributed by atoms with Gasteiger partial charge < -0.3 is 0 Å². The van der Waals surface area contributed by atoms with Crippen LogP contribution in [-0.4, -0.2) is 26.7 Å². The number of benzene rings is 2. The fourth-order valence-corrected chi connectivity index (χ4v) is 3.52. The smallest absolute Gasteiger partial charge is 0.260 e. The molecular weight excluding hydrogens is 312 g/mol. The van der Waals surface area contributed by atoms with Crippen LogP contribution in [-0.2, 0) is 0 Å². The lowest BCUT2D eigenvalue weighted by Crippen LogP contribution is -2.46. The van der Waals surface area contributed by atoms with Crippen LogP contribution in [0.15, 0.2) is 60.9 Å². The molecule has 2 aromatic carbocycles. The van der Waals surface area contributed by atoms with E-state index in [0.29, 0.717) is 11.5 Å². The Kier molecular flexibility index (Phi) is 3.84. The summed E-state index contributed by atoms with van der Waals surface area (Å²) in [7, 11) is 0. The monoisotopic (exact) mass is 332 g/mol. The van der Waals surface area contributed by atoms with Gasteiger partial charge in [-0.25, -0.2) is 4.68 Å². The second kappa shape index (κ2) is 6.16. The highest BCUT2D eigenvalue weighted by Gasteiger charge is 2.36. The number of hydrogen-bond acceptors (Lipinski definition) is 3. The highest BCUT2D eigenvalue weighted by molar-refractivity contribution is 6.05. The first-order valence-corrected chi connectivity index (χ1v) is 8.50. The normalized spacial score (nSPS) is 19.5. The number of fused-ring (bicyclic) bond motifs is 1. The van der Waals surface area contributed by atoms with Crippen molar-refractivity contribution >= 4 is 11.9 Å². The second-order valence-corrected chi connectivity index (χ2v) is 6.56. The minimum atomic E-state index is -0.0306. The zero-order chi connectivity index (χ0) is 17.4. The van der Waals surface area contributed by atoms with Gasteiger partial charge in [-0.3, -0.25) is 9.69 Å². The van der Waals surface area contributed by atoms with Crippen molar-refractivity contribution in [1.29, 1.82) is 0 Å². The third-order valence-corrected chi connectivity index (χ3v) is 4.74. The maximum absolute atomic E-state index is 13.1. The molecule has 0 fully saturated rings. The first-order chi connectivity index (χ1) is 12.1. The average Bonchev–Trinajstić information content (AvgIpc) is 3.10. The molecule has 3 aromatic rings. The summed E-state index contributed by atoms with van der Waals surface area (Å²) in [6, 6.07) is 18.1. The van der Waals surface area contributed by atoms with Crippen molar-refractivity contribution in [2.24, 2.45) is 0 Å². The number of carbonyl (C=O) groups excluding carboxylic acids is 1. The third kappa shape index (κ3) is 2.71. The molecule has 5 nitrogen and oxygen atoms in total. The maximum Gasteiger partial charge on any atom is 0.260 e. The number of amides is 1. The van der Waals surface area contributed by atoms with E-state index in [1.165, 1.54) is 11.9 Å². The second-order valence-electron chi connectivity index (χ2n) is 6.56. The Morgan fingerprint density at radius 3 is 2.68 bits per heavy atom. The fraction of sp³-hybridized carbons (Fsp3) is 0.250. The van der Waals surface area contributed by atoms with E-state index in [-0.39, 0.29) is 18.0 Å². The van der Waals surface area contributed by atoms with Crippen molar-refractivity contribution in [1.82, 2.24) is 14.8 Å². The van der Waals surface area contributed by atoms with Crippen molar-refractivity contribution in [3.05, 3.63) is 77.6 Å². The zero-order valence-electron chi connectivity index (χ0n) is 14.3. The molecule has 0 N–H and O–H groups in total. The zero-order valence-corrected chi connectivity index (χ0v) is 14.3. The van der Waals surface area contributed by atoms with Gasteiger partial charge in [0, 0.05) is 11.6 Å². The van der Waals surface area contributed by atoms with Crippen LogP contribution in [0.2, 0.25) is 0 Å². The largest absolute Gasteiger partial charge is 0.274 e. The van der Waals surface area contributed by atoms with Gasteiger partial charge in [0.2, 0.25) is 5.95 Å². The van der Waals surface area contributed by atoms with Crippen LogP contribution in [0.4, 0.5) is 5.95 Å². The van der Waals surface area contributed by atoms with Gasteiger partial charge in [-0.15, -0.1) is 0 Å². The third-order valence-electron chi connectivity index (χ3n) is 4.74. The summed E-state index contributed by atoms with van der Waals surface area (Å²) in [5.74, 6) is 0.580. The van der Waals surface area contributed by atoms with E-state index < -0.39 is 0 Å². The first kappa shape index (κ1) is 15.6. The van der Waals surface area contributed by atoms with Crippen LogP contribution in [0, 0.1) is 6.92 Å². The van der Waals surface area contributed by atoms with E-state index in [0.717, 1.165) is 12.0 Å². The van der Waals surface area contributed by atoms with Gasteiger partial charge in [-0.2, -0.15) is 10.1 Å². The molecule has 0 spiro atoms. The summed E-state index contributed by atoms with van der Waals surface area (Å²) in [5.41, 5.74) is 2.93. The highest BCUT2D eigenvalue weighted by Crippen LogP contribution is 2.35. The molecule has 126 valence electrons. The SMILES string of the molecule is Cc1cccc(C(=O)N2c3ncnn3[C@@H](c3ccccc3)C[C@H]2C)c1.